The third-order valence-corrected chi connectivity index (χ3v) is 5.22. The van der Waals surface area contributed by atoms with Crippen molar-refractivity contribution >= 4 is 25.7 Å². The van der Waals surface area contributed by atoms with Crippen LogP contribution < -0.4 is 14.6 Å². The second-order valence-corrected chi connectivity index (χ2v) is 7.91. The summed E-state index contributed by atoms with van der Waals surface area (Å²) >= 11 is 0. The Labute approximate surface area is 139 Å². The van der Waals surface area contributed by atoms with E-state index in [4.69, 9.17) is 9.88 Å². The molecule has 0 aliphatic carbocycles. The van der Waals surface area contributed by atoms with Crippen molar-refractivity contribution in [1.82, 2.24) is 0 Å². The molecule has 0 fully saturated rings. The Hall–Kier alpha value is -2.17. The first-order chi connectivity index (χ1) is 11.1. The van der Waals surface area contributed by atoms with E-state index < -0.39 is 25.9 Å². The molecule has 2 aromatic rings. The quantitative estimate of drug-likeness (QED) is 0.798. The van der Waals surface area contributed by atoms with Crippen molar-refractivity contribution in [2.45, 2.75) is 16.7 Å². The van der Waals surface area contributed by atoms with Crippen molar-refractivity contribution in [3.8, 4) is 5.75 Å². The molecular formula is C14H15FN2O5S2. The van der Waals surface area contributed by atoms with E-state index in [1.165, 1.54) is 24.3 Å². The van der Waals surface area contributed by atoms with Gasteiger partial charge in [0, 0.05) is 0 Å². The van der Waals surface area contributed by atoms with Crippen LogP contribution in [0.1, 0.15) is 6.92 Å². The number of primary sulfonamides is 1. The van der Waals surface area contributed by atoms with Crippen molar-refractivity contribution < 1.29 is 26.0 Å². The van der Waals surface area contributed by atoms with Gasteiger partial charge in [-0.05, 0) is 43.3 Å². The number of benzene rings is 2. The fraction of sp³-hybridized carbons (Fsp3) is 0.143. The van der Waals surface area contributed by atoms with Crippen LogP contribution >= 0.6 is 0 Å². The van der Waals surface area contributed by atoms with Gasteiger partial charge < -0.3 is 4.74 Å². The van der Waals surface area contributed by atoms with E-state index in [1.54, 1.807) is 6.92 Å². The first-order valence-electron chi connectivity index (χ1n) is 6.71. The number of halogens is 1. The summed E-state index contributed by atoms with van der Waals surface area (Å²) in [6.45, 7) is 1.87. The molecule has 0 aliphatic rings. The molecule has 0 spiro atoms. The fourth-order valence-corrected chi connectivity index (χ4v) is 3.70. The SMILES string of the molecule is CCOc1ccc(NS(=O)(=O)c2cccc(F)c2)cc1S(N)(=O)=O. The standard InChI is InChI=1S/C14H15FN2O5S2/c1-2-22-13-7-6-11(9-14(13)23(16,18)19)17-24(20,21)12-5-3-4-10(15)8-12/h3-9,17H,2H2,1H3,(H2,16,18,19). The lowest BCUT2D eigenvalue weighted by atomic mass is 10.3. The Morgan fingerprint density at radius 1 is 1.12 bits per heavy atom. The van der Waals surface area contributed by atoms with E-state index in [-0.39, 0.29) is 27.8 Å². The first kappa shape index (κ1) is 18.2. The maximum Gasteiger partial charge on any atom is 0.261 e. The molecule has 130 valence electrons. The van der Waals surface area contributed by atoms with Gasteiger partial charge in [0.05, 0.1) is 17.2 Å². The largest absolute Gasteiger partial charge is 0.492 e. The van der Waals surface area contributed by atoms with Gasteiger partial charge in [-0.3, -0.25) is 4.72 Å². The highest BCUT2D eigenvalue weighted by Crippen LogP contribution is 2.27. The zero-order valence-electron chi connectivity index (χ0n) is 12.6. The van der Waals surface area contributed by atoms with Crippen LogP contribution in [-0.4, -0.2) is 23.4 Å². The van der Waals surface area contributed by atoms with Gasteiger partial charge in [0.15, 0.2) is 0 Å². The highest BCUT2D eigenvalue weighted by atomic mass is 32.2. The number of anilines is 1. The monoisotopic (exact) mass is 374 g/mol. The minimum atomic E-state index is -4.12. The van der Waals surface area contributed by atoms with E-state index in [9.17, 15) is 21.2 Å². The summed E-state index contributed by atoms with van der Waals surface area (Å²) in [6, 6.07) is 8.05. The van der Waals surface area contributed by atoms with Gasteiger partial charge in [-0.25, -0.2) is 26.4 Å². The Balaban J connectivity index is 2.43. The zero-order chi connectivity index (χ0) is 18.0. The van der Waals surface area contributed by atoms with Gasteiger partial charge >= 0.3 is 0 Å². The van der Waals surface area contributed by atoms with Crippen molar-refractivity contribution in [3.05, 3.63) is 48.3 Å². The molecule has 0 radical (unpaired) electrons. The second kappa shape index (κ2) is 6.75. The summed E-state index contributed by atoms with van der Waals surface area (Å²) in [6.07, 6.45) is 0. The number of hydrogen-bond acceptors (Lipinski definition) is 5. The number of sulfonamides is 2. The van der Waals surface area contributed by atoms with E-state index >= 15 is 0 Å². The van der Waals surface area contributed by atoms with Crippen molar-refractivity contribution in [3.63, 3.8) is 0 Å². The molecule has 2 aromatic carbocycles. The Morgan fingerprint density at radius 2 is 1.83 bits per heavy atom. The maximum atomic E-state index is 13.2. The molecule has 3 N–H and O–H groups in total. The number of rotatable bonds is 6. The molecule has 0 heterocycles. The summed E-state index contributed by atoms with van der Waals surface area (Å²) in [4.78, 5) is -0.655. The lowest BCUT2D eigenvalue weighted by Gasteiger charge is -2.12. The molecule has 0 saturated carbocycles. The van der Waals surface area contributed by atoms with Crippen LogP contribution in [-0.2, 0) is 20.0 Å². The van der Waals surface area contributed by atoms with Gasteiger partial charge in [0.2, 0.25) is 10.0 Å². The summed E-state index contributed by atoms with van der Waals surface area (Å²) < 4.78 is 68.3. The topological polar surface area (TPSA) is 116 Å². The Morgan fingerprint density at radius 3 is 2.42 bits per heavy atom. The molecule has 24 heavy (non-hydrogen) atoms. The molecular weight excluding hydrogens is 359 g/mol. The highest BCUT2D eigenvalue weighted by molar-refractivity contribution is 7.92. The lowest BCUT2D eigenvalue weighted by molar-refractivity contribution is 0.331. The number of hydrogen-bond donors (Lipinski definition) is 2. The van der Waals surface area contributed by atoms with Crippen molar-refractivity contribution in [1.29, 1.82) is 0 Å². The molecule has 0 saturated heterocycles. The fourth-order valence-electron chi connectivity index (χ4n) is 1.92. The molecule has 10 heteroatoms. The van der Waals surface area contributed by atoms with Crippen LogP contribution in [0.25, 0.3) is 0 Å². The maximum absolute atomic E-state index is 13.2. The molecule has 0 aliphatic heterocycles. The number of ether oxygens (including phenoxy) is 1. The first-order valence-corrected chi connectivity index (χ1v) is 9.74. The van der Waals surface area contributed by atoms with Crippen molar-refractivity contribution in [2.75, 3.05) is 11.3 Å². The predicted molar refractivity (Wildman–Crippen MR) is 86.2 cm³/mol. The molecule has 0 unspecified atom stereocenters. The zero-order valence-corrected chi connectivity index (χ0v) is 14.2. The highest BCUT2D eigenvalue weighted by Gasteiger charge is 2.19. The van der Waals surface area contributed by atoms with Gasteiger partial charge in [-0.1, -0.05) is 6.07 Å². The van der Waals surface area contributed by atoms with Crippen LogP contribution in [0.3, 0.4) is 0 Å². The van der Waals surface area contributed by atoms with Crippen LogP contribution in [0.4, 0.5) is 10.1 Å². The average molecular weight is 374 g/mol. The van der Waals surface area contributed by atoms with E-state index in [2.05, 4.69) is 4.72 Å². The van der Waals surface area contributed by atoms with Crippen LogP contribution in [0, 0.1) is 5.82 Å². The number of nitrogens with two attached hydrogens (primary N) is 1. The Kier molecular flexibility index (Phi) is 5.11. The minimum absolute atomic E-state index is 0.00806. The number of nitrogens with one attached hydrogen (secondary N) is 1. The molecule has 2 rings (SSSR count). The lowest BCUT2D eigenvalue weighted by Crippen LogP contribution is -2.16. The Bertz CT molecular complexity index is 959. The minimum Gasteiger partial charge on any atom is -0.492 e. The van der Waals surface area contributed by atoms with Gasteiger partial charge in [0.25, 0.3) is 10.0 Å². The second-order valence-electron chi connectivity index (χ2n) is 4.70. The summed E-state index contributed by atoms with van der Waals surface area (Å²) in [7, 11) is -8.21. The molecule has 0 bridgehead atoms. The average Bonchev–Trinajstić information content (AvgIpc) is 2.48. The molecule has 0 amide bonds. The smallest absolute Gasteiger partial charge is 0.261 e. The molecule has 0 atom stereocenters. The predicted octanol–water partition coefficient (Wildman–Crippen LogP) is 1.67. The van der Waals surface area contributed by atoms with Gasteiger partial charge in [-0.15, -0.1) is 0 Å². The van der Waals surface area contributed by atoms with Crippen LogP contribution in [0.5, 0.6) is 5.75 Å². The van der Waals surface area contributed by atoms with Gasteiger partial charge in [-0.2, -0.15) is 0 Å². The van der Waals surface area contributed by atoms with Crippen molar-refractivity contribution in [2.24, 2.45) is 5.14 Å². The van der Waals surface area contributed by atoms with Gasteiger partial charge in [0.1, 0.15) is 16.5 Å². The third-order valence-electron chi connectivity index (χ3n) is 2.91. The van der Waals surface area contributed by atoms with E-state index in [1.807, 2.05) is 0 Å². The van der Waals surface area contributed by atoms with E-state index in [0.717, 1.165) is 18.2 Å². The molecule has 0 aromatic heterocycles. The molecule has 7 nitrogen and oxygen atoms in total. The summed E-state index contributed by atoms with van der Waals surface area (Å²) in [5.74, 6) is -0.705. The van der Waals surface area contributed by atoms with Crippen LogP contribution in [0.2, 0.25) is 0 Å². The third kappa shape index (κ3) is 4.22. The normalized spacial score (nSPS) is 12.0. The summed E-state index contributed by atoms with van der Waals surface area (Å²) in [5.41, 5.74) is -0.0493. The summed E-state index contributed by atoms with van der Waals surface area (Å²) in [5, 5.41) is 5.12. The van der Waals surface area contributed by atoms with E-state index in [0.29, 0.717) is 0 Å². The van der Waals surface area contributed by atoms with Crippen LogP contribution in [0.15, 0.2) is 52.3 Å².